The highest BCUT2D eigenvalue weighted by atomic mass is 15.1. The average molecular weight is 294 g/mol. The molecule has 1 aromatic carbocycles. The van der Waals surface area contributed by atoms with E-state index in [-0.39, 0.29) is 0 Å². The molecule has 3 aromatic rings. The fourth-order valence-electron chi connectivity index (χ4n) is 2.31. The molecule has 0 amide bonds. The second-order valence-electron chi connectivity index (χ2n) is 5.03. The molecule has 0 radical (unpaired) electrons. The summed E-state index contributed by atoms with van der Waals surface area (Å²) in [6.45, 7) is 1.36. The molecule has 110 valence electrons. The summed E-state index contributed by atoms with van der Waals surface area (Å²) in [7, 11) is 0. The van der Waals surface area contributed by atoms with Crippen LogP contribution in [0.4, 0.5) is 11.9 Å². The van der Waals surface area contributed by atoms with Gasteiger partial charge in [0.15, 0.2) is 0 Å². The summed E-state index contributed by atoms with van der Waals surface area (Å²) in [5.74, 6) is 0.998. The predicted octanol–water partition coefficient (Wildman–Crippen LogP) is 0.313. The molecule has 3 rings (SSSR count). The monoisotopic (exact) mass is 294 g/mol. The van der Waals surface area contributed by atoms with Crippen LogP contribution in [0.25, 0.3) is 0 Å². The summed E-state index contributed by atoms with van der Waals surface area (Å²) in [6.07, 6.45) is 7.21. The summed E-state index contributed by atoms with van der Waals surface area (Å²) in [5.41, 5.74) is 14.1. The van der Waals surface area contributed by atoms with Crippen molar-refractivity contribution in [2.75, 3.05) is 11.5 Å². The van der Waals surface area contributed by atoms with Crippen molar-refractivity contribution in [2.24, 2.45) is 0 Å². The molecule has 0 fully saturated rings. The van der Waals surface area contributed by atoms with E-state index in [0.29, 0.717) is 25.0 Å². The van der Waals surface area contributed by atoms with Crippen LogP contribution in [-0.2, 0) is 13.1 Å². The third kappa shape index (κ3) is 3.17. The standard InChI is InChI=1S/C16H16N6/c17-15-19-6-2-8-21(15)11-13-4-1-5-14(10-13)12-22-9-3-7-20-16(22)18/h1-10,17-18H,11-12H2/p+2. The second-order valence-corrected chi connectivity index (χ2v) is 5.03. The molecule has 6 nitrogen and oxygen atoms in total. The summed E-state index contributed by atoms with van der Waals surface area (Å²) < 4.78 is 3.81. The van der Waals surface area contributed by atoms with E-state index in [1.807, 2.05) is 39.7 Å². The lowest BCUT2D eigenvalue weighted by Crippen LogP contribution is -2.39. The average Bonchev–Trinajstić information content (AvgIpc) is 2.52. The minimum absolute atomic E-state index is 0.499. The Morgan fingerprint density at radius 1 is 0.773 bits per heavy atom. The van der Waals surface area contributed by atoms with Crippen LogP contribution in [0.5, 0.6) is 0 Å². The van der Waals surface area contributed by atoms with Crippen molar-refractivity contribution < 1.29 is 9.13 Å². The minimum atomic E-state index is 0.499. The third-order valence-electron chi connectivity index (χ3n) is 3.40. The van der Waals surface area contributed by atoms with Gasteiger partial charge in [-0.2, -0.15) is 0 Å². The topological polar surface area (TPSA) is 85.6 Å². The van der Waals surface area contributed by atoms with E-state index in [9.17, 15) is 0 Å². The van der Waals surface area contributed by atoms with E-state index < -0.39 is 0 Å². The van der Waals surface area contributed by atoms with E-state index in [4.69, 9.17) is 11.5 Å². The van der Waals surface area contributed by atoms with Crippen LogP contribution in [-0.4, -0.2) is 9.97 Å². The number of rotatable bonds is 4. The molecule has 6 heteroatoms. The van der Waals surface area contributed by atoms with Gasteiger partial charge in [0.05, 0.1) is 25.5 Å². The van der Waals surface area contributed by atoms with Crippen molar-refractivity contribution in [3.05, 3.63) is 72.3 Å². The number of hydrogen-bond donors (Lipinski definition) is 2. The van der Waals surface area contributed by atoms with Crippen LogP contribution >= 0.6 is 0 Å². The van der Waals surface area contributed by atoms with E-state index in [1.165, 1.54) is 0 Å². The van der Waals surface area contributed by atoms with Crippen molar-refractivity contribution in [2.45, 2.75) is 13.1 Å². The van der Waals surface area contributed by atoms with Gasteiger partial charge in [-0.25, -0.2) is 9.13 Å². The van der Waals surface area contributed by atoms with Crippen molar-refractivity contribution in [1.82, 2.24) is 9.97 Å². The molecule has 2 heterocycles. The maximum absolute atomic E-state index is 5.87. The number of anilines is 2. The summed E-state index contributed by atoms with van der Waals surface area (Å²) >= 11 is 0. The van der Waals surface area contributed by atoms with Crippen LogP contribution in [0.3, 0.4) is 0 Å². The van der Waals surface area contributed by atoms with Crippen molar-refractivity contribution in [3.8, 4) is 0 Å². The van der Waals surface area contributed by atoms with Crippen LogP contribution in [0.2, 0.25) is 0 Å². The molecule has 0 aliphatic rings. The van der Waals surface area contributed by atoms with Crippen molar-refractivity contribution >= 4 is 11.9 Å². The molecule has 0 unspecified atom stereocenters. The Morgan fingerprint density at radius 2 is 1.27 bits per heavy atom. The van der Waals surface area contributed by atoms with Crippen LogP contribution in [0, 0.1) is 0 Å². The second kappa shape index (κ2) is 6.17. The van der Waals surface area contributed by atoms with Gasteiger partial charge in [-0.15, -0.1) is 0 Å². The van der Waals surface area contributed by atoms with Gasteiger partial charge in [0, 0.05) is 12.1 Å². The molecule has 4 N–H and O–H groups in total. The third-order valence-corrected chi connectivity index (χ3v) is 3.40. The predicted molar refractivity (Wildman–Crippen MR) is 82.3 cm³/mol. The quantitative estimate of drug-likeness (QED) is 0.678. The number of nitrogen functional groups attached to an aromatic ring is 2. The highest BCUT2D eigenvalue weighted by Gasteiger charge is 2.08. The van der Waals surface area contributed by atoms with Gasteiger partial charge < -0.3 is 0 Å². The van der Waals surface area contributed by atoms with Gasteiger partial charge in [-0.3, -0.25) is 11.5 Å². The minimum Gasteiger partial charge on any atom is -0.287 e. The molecule has 0 aliphatic heterocycles. The first-order chi connectivity index (χ1) is 10.7. The maximum Gasteiger partial charge on any atom is 0.389 e. The molecule has 0 aliphatic carbocycles. The van der Waals surface area contributed by atoms with E-state index in [0.717, 1.165) is 11.1 Å². The largest absolute Gasteiger partial charge is 0.389 e. The van der Waals surface area contributed by atoms with Crippen LogP contribution in [0.15, 0.2) is 61.2 Å². The summed E-state index contributed by atoms with van der Waals surface area (Å²) in [6, 6.07) is 12.0. The maximum atomic E-state index is 5.87. The summed E-state index contributed by atoms with van der Waals surface area (Å²) in [5, 5.41) is 0. The van der Waals surface area contributed by atoms with Crippen molar-refractivity contribution in [1.29, 1.82) is 0 Å². The molecule has 0 saturated heterocycles. The fourth-order valence-corrected chi connectivity index (χ4v) is 2.31. The SMILES string of the molecule is Nc1nccc[n+]1Cc1cccc(C[n+]2cccnc2N)c1. The van der Waals surface area contributed by atoms with Crippen molar-refractivity contribution in [3.63, 3.8) is 0 Å². The zero-order chi connectivity index (χ0) is 15.4. The first kappa shape index (κ1) is 13.9. The zero-order valence-electron chi connectivity index (χ0n) is 12.1. The molecule has 2 aromatic heterocycles. The lowest BCUT2D eigenvalue weighted by atomic mass is 10.1. The number of benzene rings is 1. The smallest absolute Gasteiger partial charge is 0.287 e. The van der Waals surface area contributed by atoms with Gasteiger partial charge in [0.2, 0.25) is 0 Å². The zero-order valence-corrected chi connectivity index (χ0v) is 12.1. The fraction of sp³-hybridized carbons (Fsp3) is 0.125. The molecule has 0 spiro atoms. The Hall–Kier alpha value is -3.02. The van der Waals surface area contributed by atoms with Gasteiger partial charge in [0.1, 0.15) is 12.4 Å². The first-order valence-corrected chi connectivity index (χ1v) is 7.00. The number of nitrogens with two attached hydrogens (primary N) is 2. The molecule has 22 heavy (non-hydrogen) atoms. The highest BCUT2D eigenvalue weighted by molar-refractivity contribution is 5.22. The Kier molecular flexibility index (Phi) is 3.91. The van der Waals surface area contributed by atoms with Crippen LogP contribution < -0.4 is 20.6 Å². The molecular formula is C16H18N6+2. The lowest BCUT2D eigenvalue weighted by molar-refractivity contribution is -0.677. The highest BCUT2D eigenvalue weighted by Crippen LogP contribution is 2.06. The van der Waals surface area contributed by atoms with E-state index in [1.54, 1.807) is 12.4 Å². The Labute approximate surface area is 128 Å². The van der Waals surface area contributed by atoms with Gasteiger partial charge >= 0.3 is 11.9 Å². The number of aromatic nitrogens is 4. The molecule has 0 bridgehead atoms. The van der Waals surface area contributed by atoms with Gasteiger partial charge in [0.25, 0.3) is 0 Å². The Bertz CT molecular complexity index is 724. The lowest BCUT2D eigenvalue weighted by Gasteiger charge is -2.06. The number of hydrogen-bond acceptors (Lipinski definition) is 4. The molecule has 0 saturated carbocycles. The molecular weight excluding hydrogens is 276 g/mol. The van der Waals surface area contributed by atoms with Crippen LogP contribution in [0.1, 0.15) is 11.1 Å². The number of nitrogens with zero attached hydrogens (tertiary/aromatic N) is 4. The Balaban J connectivity index is 1.81. The Morgan fingerprint density at radius 3 is 1.73 bits per heavy atom. The van der Waals surface area contributed by atoms with E-state index >= 15 is 0 Å². The van der Waals surface area contributed by atoms with E-state index in [2.05, 4.69) is 28.2 Å². The summed E-state index contributed by atoms with van der Waals surface area (Å²) in [4.78, 5) is 8.18. The van der Waals surface area contributed by atoms with Gasteiger partial charge in [-0.05, 0) is 17.2 Å². The van der Waals surface area contributed by atoms with Gasteiger partial charge in [-0.1, -0.05) is 28.2 Å². The normalized spacial score (nSPS) is 10.5. The first-order valence-electron chi connectivity index (χ1n) is 7.00. The molecule has 0 atom stereocenters.